The molecule has 4 heteroatoms. The number of H-pyrrole nitrogens is 1. The van der Waals surface area contributed by atoms with E-state index in [2.05, 4.69) is 26.2 Å². The van der Waals surface area contributed by atoms with Gasteiger partial charge in [-0.1, -0.05) is 34.8 Å². The number of rotatable bonds is 2. The molecule has 3 nitrogen and oxygen atoms in total. The monoisotopic (exact) mass is 306 g/mol. The van der Waals surface area contributed by atoms with E-state index >= 15 is 0 Å². The van der Waals surface area contributed by atoms with Crippen molar-refractivity contribution < 1.29 is 4.79 Å². The summed E-state index contributed by atoms with van der Waals surface area (Å²) < 4.78 is 1.01. The first-order valence-electron chi connectivity index (χ1n) is 6.31. The Hall–Kier alpha value is -1.29. The normalized spacial score (nSPS) is 16.3. The molecule has 0 bridgehead atoms. The van der Waals surface area contributed by atoms with Crippen LogP contribution in [0.3, 0.4) is 0 Å². The molecule has 1 fully saturated rings. The second kappa shape index (κ2) is 4.76. The van der Waals surface area contributed by atoms with E-state index in [-0.39, 0.29) is 5.91 Å². The lowest BCUT2D eigenvalue weighted by atomic mass is 10.2. The Labute approximate surface area is 114 Å². The summed E-state index contributed by atoms with van der Waals surface area (Å²) >= 11 is 3.43. The summed E-state index contributed by atoms with van der Waals surface area (Å²) in [5.74, 6) is 0.00854. The highest BCUT2D eigenvalue weighted by atomic mass is 79.9. The van der Waals surface area contributed by atoms with Gasteiger partial charge in [0, 0.05) is 21.4 Å². The van der Waals surface area contributed by atoms with Crippen LogP contribution >= 0.6 is 15.9 Å². The van der Waals surface area contributed by atoms with Gasteiger partial charge in [0.25, 0.3) is 5.91 Å². The molecule has 1 amide bonds. The quantitative estimate of drug-likeness (QED) is 0.875. The number of hydrogen-bond acceptors (Lipinski definition) is 1. The molecule has 2 aromatic rings. The molecule has 1 aromatic heterocycles. The zero-order valence-electron chi connectivity index (χ0n) is 10.0. The van der Waals surface area contributed by atoms with E-state index in [4.69, 9.17) is 0 Å². The van der Waals surface area contributed by atoms with Crippen LogP contribution in [0.2, 0.25) is 0 Å². The highest BCUT2D eigenvalue weighted by molar-refractivity contribution is 9.10. The Bertz CT molecular complexity index is 584. The Morgan fingerprint density at radius 3 is 2.83 bits per heavy atom. The summed E-state index contributed by atoms with van der Waals surface area (Å²) in [6.45, 7) is 0. The van der Waals surface area contributed by atoms with Gasteiger partial charge < -0.3 is 10.3 Å². The van der Waals surface area contributed by atoms with E-state index in [0.717, 1.165) is 28.2 Å². The number of fused-ring (bicyclic) bond motifs is 1. The molecule has 3 rings (SSSR count). The molecule has 0 radical (unpaired) electrons. The van der Waals surface area contributed by atoms with Gasteiger partial charge in [-0.05, 0) is 31.0 Å². The number of halogens is 1. The van der Waals surface area contributed by atoms with Crippen LogP contribution in [0.1, 0.15) is 36.2 Å². The molecule has 0 unspecified atom stereocenters. The molecule has 0 saturated heterocycles. The molecule has 18 heavy (non-hydrogen) atoms. The van der Waals surface area contributed by atoms with Crippen LogP contribution in [0.5, 0.6) is 0 Å². The van der Waals surface area contributed by atoms with E-state index in [9.17, 15) is 4.79 Å². The summed E-state index contributed by atoms with van der Waals surface area (Å²) in [5.41, 5.74) is 1.64. The number of benzene rings is 1. The third-order valence-electron chi connectivity index (χ3n) is 3.52. The number of hydrogen-bond donors (Lipinski definition) is 2. The summed E-state index contributed by atoms with van der Waals surface area (Å²) in [6.07, 6.45) is 4.67. The fourth-order valence-corrected chi connectivity index (χ4v) is 2.92. The molecule has 0 spiro atoms. The number of carbonyl (C=O) groups is 1. The largest absolute Gasteiger partial charge is 0.350 e. The predicted molar refractivity (Wildman–Crippen MR) is 75.7 cm³/mol. The maximum atomic E-state index is 12.1. The highest BCUT2D eigenvalue weighted by Crippen LogP contribution is 2.21. The van der Waals surface area contributed by atoms with Gasteiger partial charge >= 0.3 is 0 Å². The van der Waals surface area contributed by atoms with Gasteiger partial charge in [0.05, 0.1) is 0 Å². The van der Waals surface area contributed by atoms with Crippen molar-refractivity contribution in [3.63, 3.8) is 0 Å². The van der Waals surface area contributed by atoms with E-state index in [1.165, 1.54) is 12.8 Å². The smallest absolute Gasteiger partial charge is 0.267 e. The Balaban J connectivity index is 1.82. The van der Waals surface area contributed by atoms with E-state index in [1.807, 2.05) is 24.3 Å². The molecule has 1 aliphatic carbocycles. The Morgan fingerprint density at radius 2 is 2.06 bits per heavy atom. The second-order valence-corrected chi connectivity index (χ2v) is 5.79. The van der Waals surface area contributed by atoms with Crippen LogP contribution in [0.4, 0.5) is 0 Å². The van der Waals surface area contributed by atoms with Gasteiger partial charge in [0.1, 0.15) is 5.69 Å². The summed E-state index contributed by atoms with van der Waals surface area (Å²) in [4.78, 5) is 15.3. The zero-order valence-corrected chi connectivity index (χ0v) is 11.6. The molecular formula is C14H15BrN2O. The first-order valence-corrected chi connectivity index (χ1v) is 7.11. The molecule has 1 saturated carbocycles. The lowest BCUT2D eigenvalue weighted by Gasteiger charge is -2.10. The number of aromatic amines is 1. The molecule has 0 atom stereocenters. The van der Waals surface area contributed by atoms with Crippen LogP contribution in [0.15, 0.2) is 28.7 Å². The van der Waals surface area contributed by atoms with Crippen molar-refractivity contribution in [3.05, 3.63) is 34.4 Å². The van der Waals surface area contributed by atoms with Gasteiger partial charge in [-0.2, -0.15) is 0 Å². The topological polar surface area (TPSA) is 44.9 Å². The number of aromatic nitrogens is 1. The first-order chi connectivity index (χ1) is 8.72. The van der Waals surface area contributed by atoms with Crippen LogP contribution in [-0.2, 0) is 0 Å². The molecule has 1 heterocycles. The van der Waals surface area contributed by atoms with E-state index < -0.39 is 0 Å². The van der Waals surface area contributed by atoms with Crippen molar-refractivity contribution >= 4 is 32.7 Å². The van der Waals surface area contributed by atoms with Crippen LogP contribution in [0, 0.1) is 0 Å². The fourth-order valence-electron chi connectivity index (χ4n) is 2.55. The minimum atomic E-state index is 0.00854. The lowest BCUT2D eigenvalue weighted by Crippen LogP contribution is -2.32. The maximum Gasteiger partial charge on any atom is 0.267 e. The standard InChI is InChI=1S/C14H15BrN2O/c15-10-6-5-9-7-13(17-12(9)8-10)14(18)16-11-3-1-2-4-11/h5-8,11,17H,1-4H2,(H,16,18). The van der Waals surface area contributed by atoms with Gasteiger partial charge in [0.15, 0.2) is 0 Å². The molecule has 94 valence electrons. The minimum absolute atomic E-state index is 0.00854. The molecule has 2 N–H and O–H groups in total. The second-order valence-electron chi connectivity index (χ2n) is 4.87. The van der Waals surface area contributed by atoms with Gasteiger partial charge in [0.2, 0.25) is 0 Å². The van der Waals surface area contributed by atoms with Gasteiger partial charge in [-0.25, -0.2) is 0 Å². The van der Waals surface area contributed by atoms with Crippen molar-refractivity contribution in [2.45, 2.75) is 31.7 Å². The minimum Gasteiger partial charge on any atom is -0.350 e. The third-order valence-corrected chi connectivity index (χ3v) is 4.01. The average Bonchev–Trinajstić information content (AvgIpc) is 2.96. The number of nitrogens with one attached hydrogen (secondary N) is 2. The molecule has 1 aromatic carbocycles. The van der Waals surface area contributed by atoms with E-state index in [1.54, 1.807) is 0 Å². The highest BCUT2D eigenvalue weighted by Gasteiger charge is 2.18. The average molecular weight is 307 g/mol. The van der Waals surface area contributed by atoms with Crippen molar-refractivity contribution in [2.75, 3.05) is 0 Å². The molecular weight excluding hydrogens is 292 g/mol. The van der Waals surface area contributed by atoms with Gasteiger partial charge in [-0.3, -0.25) is 4.79 Å². The predicted octanol–water partition coefficient (Wildman–Crippen LogP) is 3.60. The lowest BCUT2D eigenvalue weighted by molar-refractivity contribution is 0.0933. The fraction of sp³-hybridized carbons (Fsp3) is 0.357. The van der Waals surface area contributed by atoms with Crippen LogP contribution in [-0.4, -0.2) is 16.9 Å². The summed E-state index contributed by atoms with van der Waals surface area (Å²) in [5, 5.41) is 4.15. The third kappa shape index (κ3) is 2.29. The van der Waals surface area contributed by atoms with Crippen LogP contribution in [0.25, 0.3) is 10.9 Å². The molecule has 0 aliphatic heterocycles. The number of amides is 1. The molecule has 1 aliphatic rings. The zero-order chi connectivity index (χ0) is 12.5. The van der Waals surface area contributed by atoms with Crippen molar-refractivity contribution in [1.82, 2.24) is 10.3 Å². The maximum absolute atomic E-state index is 12.1. The Morgan fingerprint density at radius 1 is 1.28 bits per heavy atom. The van der Waals surface area contributed by atoms with Crippen molar-refractivity contribution in [2.24, 2.45) is 0 Å². The summed E-state index contributed by atoms with van der Waals surface area (Å²) in [7, 11) is 0. The summed E-state index contributed by atoms with van der Waals surface area (Å²) in [6, 6.07) is 8.24. The van der Waals surface area contributed by atoms with Gasteiger partial charge in [-0.15, -0.1) is 0 Å². The van der Waals surface area contributed by atoms with E-state index in [0.29, 0.717) is 11.7 Å². The first kappa shape index (κ1) is 11.8. The van der Waals surface area contributed by atoms with Crippen molar-refractivity contribution in [1.29, 1.82) is 0 Å². The van der Waals surface area contributed by atoms with Crippen LogP contribution < -0.4 is 5.32 Å². The Kier molecular flexibility index (Phi) is 3.12. The number of carbonyl (C=O) groups excluding carboxylic acids is 1. The van der Waals surface area contributed by atoms with Crippen molar-refractivity contribution in [3.8, 4) is 0 Å². The SMILES string of the molecule is O=C(NC1CCCC1)c1cc2ccc(Br)cc2[nH]1.